The highest BCUT2D eigenvalue weighted by Gasteiger charge is 2.16. The number of nitrogens with zero attached hydrogens (tertiary/aromatic N) is 3. The first-order chi connectivity index (χ1) is 10.7. The first-order valence-corrected chi connectivity index (χ1v) is 6.56. The van der Waals surface area contributed by atoms with Crippen LogP contribution in [-0.4, -0.2) is 20.7 Å². The molecule has 0 saturated heterocycles. The van der Waals surface area contributed by atoms with E-state index in [9.17, 15) is 4.79 Å². The summed E-state index contributed by atoms with van der Waals surface area (Å²) < 4.78 is 1.59. The zero-order valence-electron chi connectivity index (χ0n) is 11.6. The molecule has 0 aliphatic carbocycles. The van der Waals surface area contributed by atoms with Crippen molar-refractivity contribution in [3.05, 3.63) is 66.2 Å². The Morgan fingerprint density at radius 3 is 2.82 bits per heavy atom. The number of hydrogen-bond acceptors (Lipinski definition) is 3. The number of aromatic nitrogens is 3. The average Bonchev–Trinajstić information content (AvgIpc) is 3.01. The summed E-state index contributed by atoms with van der Waals surface area (Å²) >= 11 is 0. The first-order valence-electron chi connectivity index (χ1n) is 6.56. The predicted octanol–water partition coefficient (Wildman–Crippen LogP) is 2.01. The van der Waals surface area contributed by atoms with Crippen LogP contribution in [0.2, 0.25) is 0 Å². The lowest BCUT2D eigenvalue weighted by molar-refractivity contribution is 0.0996. The average molecular weight is 288 g/mol. The molecule has 3 rings (SSSR count). The number of pyridine rings is 1. The van der Waals surface area contributed by atoms with Crippen molar-refractivity contribution in [1.29, 1.82) is 0 Å². The number of carbonyl (C=O) groups excluding carboxylic acids is 1. The van der Waals surface area contributed by atoms with E-state index in [0.717, 1.165) is 16.8 Å². The van der Waals surface area contributed by atoms with E-state index in [1.165, 1.54) is 0 Å². The van der Waals surface area contributed by atoms with Crippen molar-refractivity contribution in [3.8, 4) is 29.2 Å². The quantitative estimate of drug-likeness (QED) is 0.749. The van der Waals surface area contributed by atoms with Crippen LogP contribution in [0.25, 0.3) is 16.8 Å². The normalized spacial score (nSPS) is 10.1. The van der Waals surface area contributed by atoms with Crippen LogP contribution in [0.15, 0.2) is 55.0 Å². The minimum absolute atomic E-state index is 0.194. The van der Waals surface area contributed by atoms with Gasteiger partial charge >= 0.3 is 0 Å². The minimum Gasteiger partial charge on any atom is -0.364 e. The number of nitrogens with two attached hydrogens (primary N) is 1. The maximum Gasteiger partial charge on any atom is 0.269 e. The summed E-state index contributed by atoms with van der Waals surface area (Å²) in [6.07, 6.45) is 10.5. The Hall–Kier alpha value is -3.39. The SMILES string of the molecule is C#Cc1cccc(-n2cc(-c3cccnc3)c(C(N)=O)n2)c1. The molecule has 0 aliphatic rings. The van der Waals surface area contributed by atoms with E-state index in [2.05, 4.69) is 16.0 Å². The number of terminal acetylenes is 1. The molecular weight excluding hydrogens is 276 g/mol. The molecule has 3 aromatic rings. The van der Waals surface area contributed by atoms with E-state index < -0.39 is 5.91 Å². The van der Waals surface area contributed by atoms with Crippen molar-refractivity contribution >= 4 is 5.91 Å². The molecule has 0 aliphatic heterocycles. The number of carbonyl (C=O) groups is 1. The topological polar surface area (TPSA) is 73.8 Å². The highest BCUT2D eigenvalue weighted by molar-refractivity contribution is 5.97. The van der Waals surface area contributed by atoms with Crippen LogP contribution < -0.4 is 5.73 Å². The number of rotatable bonds is 3. The van der Waals surface area contributed by atoms with Gasteiger partial charge in [-0.25, -0.2) is 4.68 Å². The fourth-order valence-electron chi connectivity index (χ4n) is 2.16. The van der Waals surface area contributed by atoms with E-state index in [0.29, 0.717) is 5.56 Å². The third kappa shape index (κ3) is 2.45. The second kappa shape index (κ2) is 5.54. The molecule has 2 heterocycles. The van der Waals surface area contributed by atoms with Gasteiger partial charge in [0.1, 0.15) is 0 Å². The summed E-state index contributed by atoms with van der Waals surface area (Å²) in [5.74, 6) is 1.98. The first kappa shape index (κ1) is 13.6. The molecule has 0 radical (unpaired) electrons. The molecule has 106 valence electrons. The van der Waals surface area contributed by atoms with Crippen molar-refractivity contribution in [2.45, 2.75) is 0 Å². The van der Waals surface area contributed by atoms with Crippen LogP contribution in [0.4, 0.5) is 0 Å². The Morgan fingerprint density at radius 2 is 2.14 bits per heavy atom. The van der Waals surface area contributed by atoms with E-state index in [4.69, 9.17) is 12.2 Å². The van der Waals surface area contributed by atoms with Gasteiger partial charge in [0, 0.05) is 35.3 Å². The van der Waals surface area contributed by atoms with E-state index in [1.54, 1.807) is 29.3 Å². The van der Waals surface area contributed by atoms with Gasteiger partial charge in [0.25, 0.3) is 5.91 Å². The largest absolute Gasteiger partial charge is 0.364 e. The number of amides is 1. The summed E-state index contributed by atoms with van der Waals surface area (Å²) in [7, 11) is 0. The Kier molecular flexibility index (Phi) is 3.42. The molecule has 1 amide bonds. The predicted molar refractivity (Wildman–Crippen MR) is 83.2 cm³/mol. The summed E-state index contributed by atoms with van der Waals surface area (Å²) in [5.41, 5.74) is 8.52. The Bertz CT molecular complexity index is 875. The second-order valence-electron chi connectivity index (χ2n) is 4.64. The van der Waals surface area contributed by atoms with Crippen molar-refractivity contribution in [2.24, 2.45) is 5.73 Å². The summed E-state index contributed by atoms with van der Waals surface area (Å²) in [6, 6.07) is 11.0. The van der Waals surface area contributed by atoms with Gasteiger partial charge in [0.2, 0.25) is 0 Å². The standard InChI is InChI=1S/C17H12N4O/c1-2-12-5-3-7-14(9-12)21-11-15(16(20-21)17(18)22)13-6-4-8-19-10-13/h1,3-11H,(H2,18,22). The van der Waals surface area contributed by atoms with Crippen molar-refractivity contribution < 1.29 is 4.79 Å². The van der Waals surface area contributed by atoms with Crippen LogP contribution in [-0.2, 0) is 0 Å². The summed E-state index contributed by atoms with van der Waals surface area (Å²) in [5, 5.41) is 4.28. The zero-order chi connectivity index (χ0) is 15.5. The minimum atomic E-state index is -0.592. The van der Waals surface area contributed by atoms with Gasteiger partial charge in [-0.05, 0) is 24.3 Å². The Labute approximate surface area is 127 Å². The summed E-state index contributed by atoms with van der Waals surface area (Å²) in [6.45, 7) is 0. The lowest BCUT2D eigenvalue weighted by atomic mass is 10.1. The lowest BCUT2D eigenvalue weighted by Crippen LogP contribution is -2.13. The molecule has 5 heteroatoms. The molecule has 0 unspecified atom stereocenters. The highest BCUT2D eigenvalue weighted by Crippen LogP contribution is 2.23. The number of hydrogen-bond donors (Lipinski definition) is 1. The van der Waals surface area contributed by atoms with Crippen LogP contribution in [0.3, 0.4) is 0 Å². The van der Waals surface area contributed by atoms with E-state index >= 15 is 0 Å². The molecule has 0 saturated carbocycles. The van der Waals surface area contributed by atoms with Gasteiger partial charge in [0.15, 0.2) is 5.69 Å². The maximum atomic E-state index is 11.7. The molecule has 22 heavy (non-hydrogen) atoms. The fourth-order valence-corrected chi connectivity index (χ4v) is 2.16. The molecule has 5 nitrogen and oxygen atoms in total. The van der Waals surface area contributed by atoms with E-state index in [-0.39, 0.29) is 5.69 Å². The Balaban J connectivity index is 2.15. The molecule has 0 atom stereocenters. The molecule has 0 bridgehead atoms. The van der Waals surface area contributed by atoms with Crippen LogP contribution in [0.5, 0.6) is 0 Å². The molecular formula is C17H12N4O. The van der Waals surface area contributed by atoms with Gasteiger partial charge < -0.3 is 5.73 Å². The van der Waals surface area contributed by atoms with Crippen LogP contribution >= 0.6 is 0 Å². The van der Waals surface area contributed by atoms with Crippen molar-refractivity contribution in [2.75, 3.05) is 0 Å². The van der Waals surface area contributed by atoms with Crippen LogP contribution in [0, 0.1) is 12.3 Å². The van der Waals surface area contributed by atoms with Crippen LogP contribution in [0.1, 0.15) is 16.1 Å². The monoisotopic (exact) mass is 288 g/mol. The summed E-state index contributed by atoms with van der Waals surface area (Å²) in [4.78, 5) is 15.7. The fraction of sp³-hybridized carbons (Fsp3) is 0. The smallest absolute Gasteiger partial charge is 0.269 e. The molecule has 0 spiro atoms. The number of primary amides is 1. The van der Waals surface area contributed by atoms with Gasteiger partial charge in [-0.1, -0.05) is 18.1 Å². The third-order valence-electron chi connectivity index (χ3n) is 3.20. The molecule has 2 N–H and O–H groups in total. The van der Waals surface area contributed by atoms with Gasteiger partial charge in [0.05, 0.1) is 5.69 Å². The van der Waals surface area contributed by atoms with Gasteiger partial charge in [-0.3, -0.25) is 9.78 Å². The van der Waals surface area contributed by atoms with Gasteiger partial charge in [-0.15, -0.1) is 6.42 Å². The third-order valence-corrected chi connectivity index (χ3v) is 3.20. The van der Waals surface area contributed by atoms with Crippen molar-refractivity contribution in [3.63, 3.8) is 0 Å². The molecule has 1 aromatic carbocycles. The highest BCUT2D eigenvalue weighted by atomic mass is 16.1. The number of benzene rings is 1. The van der Waals surface area contributed by atoms with E-state index in [1.807, 2.05) is 30.3 Å². The van der Waals surface area contributed by atoms with Gasteiger partial charge in [-0.2, -0.15) is 5.10 Å². The zero-order valence-corrected chi connectivity index (χ0v) is 11.6. The molecule has 2 aromatic heterocycles. The Morgan fingerprint density at radius 1 is 1.27 bits per heavy atom. The second-order valence-corrected chi connectivity index (χ2v) is 4.64. The molecule has 0 fully saturated rings. The maximum absolute atomic E-state index is 11.7. The van der Waals surface area contributed by atoms with Crippen molar-refractivity contribution in [1.82, 2.24) is 14.8 Å². The lowest BCUT2D eigenvalue weighted by Gasteiger charge is -2.01.